The Morgan fingerprint density at radius 3 is 2.60 bits per heavy atom. The lowest BCUT2D eigenvalue weighted by Crippen LogP contribution is -2.58. The van der Waals surface area contributed by atoms with Gasteiger partial charge < -0.3 is 19.9 Å². The van der Waals surface area contributed by atoms with Gasteiger partial charge in [0, 0.05) is 69.2 Å². The van der Waals surface area contributed by atoms with Gasteiger partial charge in [-0.05, 0) is 57.9 Å². The molecule has 3 aromatic heterocycles. The number of pyridine rings is 2. The van der Waals surface area contributed by atoms with E-state index in [1.165, 1.54) is 0 Å². The van der Waals surface area contributed by atoms with Crippen LogP contribution in [-0.2, 0) is 4.79 Å². The Kier molecular flexibility index (Phi) is 10.6. The summed E-state index contributed by atoms with van der Waals surface area (Å²) in [6.45, 7) is 15.1. The summed E-state index contributed by atoms with van der Waals surface area (Å²) in [6, 6.07) is 8.76. The quantitative estimate of drug-likeness (QED) is 0.393. The van der Waals surface area contributed by atoms with Crippen LogP contribution in [0.4, 0.5) is 5.82 Å². The molecule has 0 aliphatic carbocycles. The largest absolute Gasteiger partial charge is 0.492 e. The Bertz CT molecular complexity index is 1430. The molecule has 43 heavy (non-hydrogen) atoms. The van der Waals surface area contributed by atoms with E-state index in [9.17, 15) is 10.1 Å². The first-order valence-corrected chi connectivity index (χ1v) is 15.2. The highest BCUT2D eigenvalue weighted by atomic mass is 32.1. The number of hydrogen-bond donors (Lipinski definition) is 1. The molecule has 0 unspecified atom stereocenters. The van der Waals surface area contributed by atoms with Gasteiger partial charge in [0.1, 0.15) is 17.6 Å². The van der Waals surface area contributed by atoms with Crippen LogP contribution < -0.4 is 15.0 Å². The number of likely N-dealkylation sites (N-methyl/N-ethyl adjacent to an activating group) is 1. The molecular weight excluding hydrogens is 560 g/mol. The second-order valence-corrected chi connectivity index (χ2v) is 12.3. The molecule has 0 saturated carbocycles. The lowest BCUT2D eigenvalue weighted by atomic mass is 9.76. The molecule has 10 nitrogen and oxygen atoms in total. The van der Waals surface area contributed by atoms with Crippen LogP contribution in [0, 0.1) is 22.7 Å². The highest BCUT2D eigenvalue weighted by Crippen LogP contribution is 2.36. The fraction of sp³-hybridized carbons (Fsp3) is 0.562. The second-order valence-electron chi connectivity index (χ2n) is 12.3. The summed E-state index contributed by atoms with van der Waals surface area (Å²) in [7, 11) is 2.18. The fourth-order valence-corrected chi connectivity index (χ4v) is 6.18. The van der Waals surface area contributed by atoms with E-state index < -0.39 is 5.41 Å². The lowest BCUT2D eigenvalue weighted by molar-refractivity contribution is -0.134. The molecule has 1 atom stereocenters. The van der Waals surface area contributed by atoms with Gasteiger partial charge in [0.25, 0.3) is 0 Å². The number of rotatable bonds is 9. The van der Waals surface area contributed by atoms with Gasteiger partial charge >= 0.3 is 0 Å². The standard InChI is InChI=1S/C32H44N8O2.H2S/c1-6-42-27-15-28(30-26(16-33)19-36-40(30)21-27)25-7-8-29(34-18-25)39-11-9-32(10-12-39,31(41)35-17-23(2)3)22-38-14-13-37(5)24(4)20-38;/h7-8,15,18-19,21,23-24H,6,9-14,17,20,22H2,1-5H3,(H,35,41);1H2/t24-;/m0./s1. The van der Waals surface area contributed by atoms with Gasteiger partial charge in [0.15, 0.2) is 0 Å². The molecule has 3 aromatic rings. The van der Waals surface area contributed by atoms with Crippen LogP contribution in [0.15, 0.2) is 36.8 Å². The van der Waals surface area contributed by atoms with E-state index in [1.54, 1.807) is 16.9 Å². The van der Waals surface area contributed by atoms with Gasteiger partial charge in [-0.3, -0.25) is 9.69 Å². The highest BCUT2D eigenvalue weighted by Gasteiger charge is 2.43. The molecule has 0 spiro atoms. The monoisotopic (exact) mass is 606 g/mol. The van der Waals surface area contributed by atoms with Crippen LogP contribution in [0.5, 0.6) is 5.75 Å². The first-order chi connectivity index (χ1) is 20.2. The Morgan fingerprint density at radius 2 is 1.98 bits per heavy atom. The number of hydrogen-bond acceptors (Lipinski definition) is 8. The summed E-state index contributed by atoms with van der Waals surface area (Å²) >= 11 is 0. The number of anilines is 1. The maximum Gasteiger partial charge on any atom is 0.227 e. The van der Waals surface area contributed by atoms with Crippen molar-refractivity contribution in [2.75, 3.05) is 64.4 Å². The van der Waals surface area contributed by atoms with Crippen molar-refractivity contribution in [2.24, 2.45) is 11.3 Å². The van der Waals surface area contributed by atoms with Crippen molar-refractivity contribution in [1.29, 1.82) is 5.26 Å². The predicted molar refractivity (Wildman–Crippen MR) is 175 cm³/mol. The molecule has 1 N–H and O–H groups in total. The summed E-state index contributed by atoms with van der Waals surface area (Å²) in [5, 5.41) is 17.3. The number of nitrogens with zero attached hydrogens (tertiary/aromatic N) is 7. The fourth-order valence-electron chi connectivity index (χ4n) is 6.18. The summed E-state index contributed by atoms with van der Waals surface area (Å²) in [4.78, 5) is 25.7. The van der Waals surface area contributed by atoms with Crippen molar-refractivity contribution >= 4 is 30.7 Å². The Balaban J connectivity index is 0.00000423. The minimum absolute atomic E-state index is 0. The zero-order valence-corrected chi connectivity index (χ0v) is 27.1. The number of carbonyl (C=O) groups excluding carboxylic acids is 1. The summed E-state index contributed by atoms with van der Waals surface area (Å²) in [5.41, 5.74) is 2.60. The third kappa shape index (κ3) is 7.08. The third-order valence-electron chi connectivity index (χ3n) is 8.84. The highest BCUT2D eigenvalue weighted by molar-refractivity contribution is 7.59. The molecule has 1 amide bonds. The van der Waals surface area contributed by atoms with Crippen LogP contribution in [-0.4, -0.2) is 95.8 Å². The molecular formula is C32H46N8O2S. The van der Waals surface area contributed by atoms with E-state index in [0.29, 0.717) is 36.4 Å². The Labute approximate surface area is 262 Å². The summed E-state index contributed by atoms with van der Waals surface area (Å²) in [6.07, 6.45) is 6.82. The number of piperidine rings is 1. The number of carbonyl (C=O) groups is 1. The molecule has 2 saturated heterocycles. The van der Waals surface area contributed by atoms with Gasteiger partial charge in [0.05, 0.1) is 35.5 Å². The lowest BCUT2D eigenvalue weighted by Gasteiger charge is -2.46. The Morgan fingerprint density at radius 1 is 1.21 bits per heavy atom. The van der Waals surface area contributed by atoms with Gasteiger partial charge in [-0.25, -0.2) is 9.50 Å². The van der Waals surface area contributed by atoms with Crippen molar-refractivity contribution in [3.8, 4) is 22.9 Å². The molecule has 0 bridgehead atoms. The van der Waals surface area contributed by atoms with E-state index in [4.69, 9.17) is 9.72 Å². The summed E-state index contributed by atoms with van der Waals surface area (Å²) in [5.74, 6) is 2.20. The topological polar surface area (TPSA) is 102 Å². The van der Waals surface area contributed by atoms with E-state index >= 15 is 0 Å². The molecule has 11 heteroatoms. The van der Waals surface area contributed by atoms with Crippen LogP contribution in [0.3, 0.4) is 0 Å². The third-order valence-corrected chi connectivity index (χ3v) is 8.84. The number of ether oxygens (including phenoxy) is 1. The molecule has 0 aromatic carbocycles. The molecule has 5 heterocycles. The van der Waals surface area contributed by atoms with Gasteiger partial charge in [-0.1, -0.05) is 13.8 Å². The molecule has 232 valence electrons. The van der Waals surface area contributed by atoms with E-state index in [2.05, 4.69) is 59.0 Å². The van der Waals surface area contributed by atoms with E-state index in [1.807, 2.05) is 31.3 Å². The van der Waals surface area contributed by atoms with Crippen LogP contribution in [0.2, 0.25) is 0 Å². The molecule has 2 aliphatic heterocycles. The number of nitriles is 1. The first kappa shape index (κ1) is 32.6. The molecule has 0 radical (unpaired) electrons. The average Bonchev–Trinajstić information content (AvgIpc) is 3.41. The number of piperazine rings is 1. The maximum absolute atomic E-state index is 13.7. The van der Waals surface area contributed by atoms with E-state index in [0.717, 1.165) is 74.6 Å². The molecule has 5 rings (SSSR count). The maximum atomic E-state index is 13.7. The van der Waals surface area contributed by atoms with Gasteiger partial charge in [-0.15, -0.1) is 0 Å². The first-order valence-electron chi connectivity index (χ1n) is 15.2. The van der Waals surface area contributed by atoms with Gasteiger partial charge in [-0.2, -0.15) is 23.9 Å². The van der Waals surface area contributed by atoms with Crippen molar-refractivity contribution < 1.29 is 9.53 Å². The number of fused-ring (bicyclic) bond motifs is 1. The second kappa shape index (κ2) is 14.0. The van der Waals surface area contributed by atoms with Crippen LogP contribution in [0.1, 0.15) is 46.1 Å². The minimum atomic E-state index is -0.401. The zero-order chi connectivity index (χ0) is 29.9. The predicted octanol–water partition coefficient (Wildman–Crippen LogP) is 3.77. The minimum Gasteiger partial charge on any atom is -0.492 e. The van der Waals surface area contributed by atoms with Crippen molar-refractivity contribution in [1.82, 2.24) is 29.7 Å². The van der Waals surface area contributed by atoms with Crippen molar-refractivity contribution in [3.05, 3.63) is 42.4 Å². The zero-order valence-electron chi connectivity index (χ0n) is 26.1. The van der Waals surface area contributed by atoms with E-state index in [-0.39, 0.29) is 19.4 Å². The number of amides is 1. The smallest absolute Gasteiger partial charge is 0.227 e. The normalized spacial score (nSPS) is 19.2. The van der Waals surface area contributed by atoms with Crippen LogP contribution in [0.25, 0.3) is 16.6 Å². The SMILES string of the molecule is CCOc1cc(-c2ccc(N3CCC(CN4CCN(C)[C@@H](C)C4)(C(=O)NCC(C)C)CC3)nc2)c2c(C#N)cnn2c1.S. The van der Waals surface area contributed by atoms with Crippen LogP contribution >= 0.6 is 13.5 Å². The number of aromatic nitrogens is 3. The number of nitrogens with one attached hydrogen (secondary N) is 1. The summed E-state index contributed by atoms with van der Waals surface area (Å²) < 4.78 is 7.46. The molecule has 2 fully saturated rings. The Hall–Kier alpha value is -3.33. The van der Waals surface area contributed by atoms with Gasteiger partial charge in [0.2, 0.25) is 5.91 Å². The average molecular weight is 607 g/mol. The van der Waals surface area contributed by atoms with Crippen molar-refractivity contribution in [2.45, 2.75) is 46.6 Å². The molecule has 2 aliphatic rings. The van der Waals surface area contributed by atoms with Crippen molar-refractivity contribution in [3.63, 3.8) is 0 Å².